The van der Waals surface area contributed by atoms with Crippen LogP contribution in [0.25, 0.3) is 0 Å². The number of benzene rings is 2. The summed E-state index contributed by atoms with van der Waals surface area (Å²) < 4.78 is 26.6. The van der Waals surface area contributed by atoms with Crippen molar-refractivity contribution in [3.8, 4) is 6.07 Å². The molecule has 0 saturated heterocycles. The van der Waals surface area contributed by atoms with E-state index >= 15 is 0 Å². The molecular formula is C27H39F2N3. The number of rotatable bonds is 8. The van der Waals surface area contributed by atoms with Crippen LogP contribution in [0.5, 0.6) is 0 Å². The number of nitriles is 1. The number of hydrogen-bond acceptors (Lipinski definition) is 3. The van der Waals surface area contributed by atoms with Crippen LogP contribution in [-0.2, 0) is 13.1 Å². The summed E-state index contributed by atoms with van der Waals surface area (Å²) >= 11 is 0. The minimum absolute atomic E-state index is 0.270. The first-order chi connectivity index (χ1) is 15.4. The third-order valence-electron chi connectivity index (χ3n) is 3.93. The molecule has 0 aliphatic rings. The van der Waals surface area contributed by atoms with Gasteiger partial charge in [0, 0.05) is 42.7 Å². The lowest BCUT2D eigenvalue weighted by Crippen LogP contribution is -2.28. The van der Waals surface area contributed by atoms with Gasteiger partial charge < -0.3 is 10.2 Å². The van der Waals surface area contributed by atoms with Gasteiger partial charge in [-0.05, 0) is 30.7 Å². The average Bonchev–Trinajstić information content (AvgIpc) is 2.83. The Balaban J connectivity index is 0. The highest BCUT2D eigenvalue weighted by Gasteiger charge is 2.10. The highest BCUT2D eigenvalue weighted by Crippen LogP contribution is 2.16. The van der Waals surface area contributed by atoms with Crippen molar-refractivity contribution in [2.24, 2.45) is 0 Å². The molecule has 2 aromatic rings. The smallest absolute Gasteiger partial charge is 0.130 e. The molecule has 0 heterocycles. The number of allylic oxidation sites excluding steroid dienone is 1. The summed E-state index contributed by atoms with van der Waals surface area (Å²) in [6, 6.07) is 12.9. The SMILES string of the molecule is C=C(C)N(Cc1ccc(C#N)cc1)C(=C)CNCc1ccc(F)cc1F.CC.CC.CC. The van der Waals surface area contributed by atoms with Crippen molar-refractivity contribution >= 4 is 0 Å². The Morgan fingerprint density at radius 1 is 0.969 bits per heavy atom. The predicted molar refractivity (Wildman–Crippen MR) is 133 cm³/mol. The van der Waals surface area contributed by atoms with Crippen LogP contribution in [0.1, 0.15) is 65.2 Å². The minimum Gasteiger partial charge on any atom is -0.344 e. The molecule has 0 unspecified atom stereocenters. The minimum atomic E-state index is -0.591. The van der Waals surface area contributed by atoms with Crippen LogP contribution >= 0.6 is 0 Å². The highest BCUT2D eigenvalue weighted by atomic mass is 19.1. The van der Waals surface area contributed by atoms with E-state index in [4.69, 9.17) is 5.26 Å². The van der Waals surface area contributed by atoms with Crippen LogP contribution < -0.4 is 5.32 Å². The number of nitrogens with zero attached hydrogens (tertiary/aromatic N) is 2. The molecule has 176 valence electrons. The van der Waals surface area contributed by atoms with Gasteiger partial charge in [-0.15, -0.1) is 0 Å². The maximum absolute atomic E-state index is 13.7. The van der Waals surface area contributed by atoms with Gasteiger partial charge in [0.1, 0.15) is 11.6 Å². The summed E-state index contributed by atoms with van der Waals surface area (Å²) in [5.74, 6) is -1.16. The molecule has 2 aromatic carbocycles. The van der Waals surface area contributed by atoms with Crippen LogP contribution in [0.3, 0.4) is 0 Å². The lowest BCUT2D eigenvalue weighted by atomic mass is 10.1. The number of halogens is 2. The molecule has 0 aliphatic carbocycles. The molecule has 0 aromatic heterocycles. The zero-order chi connectivity index (χ0) is 25.1. The van der Waals surface area contributed by atoms with Crippen molar-refractivity contribution in [2.45, 2.75) is 61.6 Å². The largest absolute Gasteiger partial charge is 0.344 e. The van der Waals surface area contributed by atoms with Gasteiger partial charge in [0.05, 0.1) is 11.6 Å². The maximum atomic E-state index is 13.7. The first kappa shape index (κ1) is 31.2. The maximum Gasteiger partial charge on any atom is 0.130 e. The zero-order valence-electron chi connectivity index (χ0n) is 20.7. The molecule has 0 radical (unpaired) electrons. The molecule has 0 saturated carbocycles. The number of nitrogens with one attached hydrogen (secondary N) is 1. The van der Waals surface area contributed by atoms with Gasteiger partial charge in [-0.1, -0.05) is 72.9 Å². The zero-order valence-corrected chi connectivity index (χ0v) is 20.7. The van der Waals surface area contributed by atoms with Gasteiger partial charge >= 0.3 is 0 Å². The second-order valence-electron chi connectivity index (χ2n) is 6.04. The van der Waals surface area contributed by atoms with Gasteiger partial charge in [0.15, 0.2) is 0 Å². The molecule has 0 fully saturated rings. The molecule has 3 nitrogen and oxygen atoms in total. The summed E-state index contributed by atoms with van der Waals surface area (Å²) in [7, 11) is 0. The van der Waals surface area contributed by atoms with Crippen molar-refractivity contribution in [1.82, 2.24) is 10.2 Å². The molecular weight excluding hydrogens is 404 g/mol. The second-order valence-corrected chi connectivity index (χ2v) is 6.04. The van der Waals surface area contributed by atoms with Crippen LogP contribution in [0.4, 0.5) is 8.78 Å². The van der Waals surface area contributed by atoms with E-state index in [1.807, 2.05) is 65.5 Å². The topological polar surface area (TPSA) is 39.1 Å². The Morgan fingerprint density at radius 2 is 1.53 bits per heavy atom. The molecule has 0 bridgehead atoms. The van der Waals surface area contributed by atoms with Gasteiger partial charge in [-0.3, -0.25) is 0 Å². The van der Waals surface area contributed by atoms with Crippen LogP contribution in [-0.4, -0.2) is 11.4 Å². The van der Waals surface area contributed by atoms with Crippen molar-refractivity contribution in [1.29, 1.82) is 5.26 Å². The van der Waals surface area contributed by atoms with Gasteiger partial charge in [0.25, 0.3) is 0 Å². The summed E-state index contributed by atoms with van der Waals surface area (Å²) in [5.41, 5.74) is 3.64. The van der Waals surface area contributed by atoms with E-state index in [2.05, 4.69) is 24.5 Å². The lowest BCUT2D eigenvalue weighted by Gasteiger charge is -2.27. The third kappa shape index (κ3) is 11.4. The lowest BCUT2D eigenvalue weighted by molar-refractivity contribution is 0.406. The average molecular weight is 444 g/mol. The second kappa shape index (κ2) is 18.8. The summed E-state index contributed by atoms with van der Waals surface area (Å²) in [6.07, 6.45) is 0. The molecule has 5 heteroatoms. The molecule has 0 amide bonds. The van der Waals surface area contributed by atoms with Gasteiger partial charge in [-0.25, -0.2) is 8.78 Å². The summed E-state index contributed by atoms with van der Waals surface area (Å²) in [6.45, 7) is 23.2. The molecule has 0 aliphatic heterocycles. The molecule has 0 atom stereocenters. The Labute approximate surface area is 194 Å². The molecule has 32 heavy (non-hydrogen) atoms. The van der Waals surface area contributed by atoms with Crippen molar-refractivity contribution in [3.05, 3.63) is 95.3 Å². The van der Waals surface area contributed by atoms with E-state index < -0.39 is 11.6 Å². The van der Waals surface area contributed by atoms with E-state index in [0.29, 0.717) is 24.2 Å². The Kier molecular flexibility index (Phi) is 18.3. The van der Waals surface area contributed by atoms with Gasteiger partial charge in [0.2, 0.25) is 0 Å². The summed E-state index contributed by atoms with van der Waals surface area (Å²) in [5, 5.41) is 12.0. The fourth-order valence-corrected chi connectivity index (χ4v) is 2.49. The van der Waals surface area contributed by atoms with E-state index in [-0.39, 0.29) is 6.54 Å². The first-order valence-electron chi connectivity index (χ1n) is 11.1. The van der Waals surface area contributed by atoms with E-state index in [1.54, 1.807) is 12.1 Å². The van der Waals surface area contributed by atoms with Crippen LogP contribution in [0, 0.1) is 23.0 Å². The standard InChI is InChI=1S/C21H21F2N3.3C2H6/c1-15(2)26(14-18-6-4-17(11-24)5-7-18)16(3)12-25-13-19-8-9-20(22)10-21(19)23;3*1-2/h4-10,25H,1,3,12-14H2,2H3;3*1-2H3. The fourth-order valence-electron chi connectivity index (χ4n) is 2.49. The predicted octanol–water partition coefficient (Wildman–Crippen LogP) is 7.55. The fraction of sp³-hybridized carbons (Fsp3) is 0.370. The van der Waals surface area contributed by atoms with Gasteiger partial charge in [-0.2, -0.15) is 5.26 Å². The van der Waals surface area contributed by atoms with Crippen molar-refractivity contribution in [2.75, 3.05) is 6.54 Å². The first-order valence-corrected chi connectivity index (χ1v) is 11.1. The van der Waals surface area contributed by atoms with Crippen LogP contribution in [0.15, 0.2) is 67.0 Å². The number of hydrogen-bond donors (Lipinski definition) is 1. The molecule has 2 rings (SSSR count). The third-order valence-corrected chi connectivity index (χ3v) is 3.93. The van der Waals surface area contributed by atoms with E-state index in [0.717, 1.165) is 23.0 Å². The normalized spacial score (nSPS) is 8.88. The summed E-state index contributed by atoms with van der Waals surface area (Å²) in [4.78, 5) is 1.95. The van der Waals surface area contributed by atoms with Crippen LogP contribution in [0.2, 0.25) is 0 Å². The Hall–Kier alpha value is -2.97. The molecule has 1 N–H and O–H groups in total. The Bertz CT molecular complexity index is 837. The van der Waals surface area contributed by atoms with Crippen molar-refractivity contribution < 1.29 is 8.78 Å². The van der Waals surface area contributed by atoms with E-state index in [1.165, 1.54) is 12.1 Å². The Morgan fingerprint density at radius 3 is 2.00 bits per heavy atom. The van der Waals surface area contributed by atoms with Crippen molar-refractivity contribution in [3.63, 3.8) is 0 Å². The quantitative estimate of drug-likeness (QED) is 0.458. The highest BCUT2D eigenvalue weighted by molar-refractivity contribution is 5.32. The van der Waals surface area contributed by atoms with E-state index in [9.17, 15) is 8.78 Å². The molecule has 0 spiro atoms. The monoisotopic (exact) mass is 443 g/mol.